The van der Waals surface area contributed by atoms with E-state index in [1.54, 1.807) is 6.92 Å². The summed E-state index contributed by atoms with van der Waals surface area (Å²) in [5, 5.41) is 0. The van der Waals surface area contributed by atoms with Crippen LogP contribution in [0, 0.1) is 11.6 Å². The Morgan fingerprint density at radius 3 is 2.08 bits per heavy atom. The Hall–Kier alpha value is -0.640. The van der Waals surface area contributed by atoms with Gasteiger partial charge < -0.3 is 4.74 Å². The van der Waals surface area contributed by atoms with Crippen LogP contribution in [-0.2, 0) is 0 Å². The first-order valence-corrected chi connectivity index (χ1v) is 4.64. The minimum Gasteiger partial charge on any atom is -0.497 e. The third-order valence-electron chi connectivity index (χ3n) is 1.69. The maximum absolute atomic E-state index is 13.2. The SMILES string of the molecule is COc1cc(F)c([C@@H](C)Br)c(F)c1. The zero-order valence-corrected chi connectivity index (χ0v) is 8.86. The van der Waals surface area contributed by atoms with E-state index >= 15 is 0 Å². The maximum Gasteiger partial charge on any atom is 0.134 e. The van der Waals surface area contributed by atoms with Gasteiger partial charge in [0.15, 0.2) is 0 Å². The highest BCUT2D eigenvalue weighted by Gasteiger charge is 2.15. The van der Waals surface area contributed by atoms with Gasteiger partial charge in [-0.15, -0.1) is 0 Å². The van der Waals surface area contributed by atoms with E-state index in [4.69, 9.17) is 4.74 Å². The molecule has 1 aromatic rings. The molecule has 72 valence electrons. The molecule has 13 heavy (non-hydrogen) atoms. The van der Waals surface area contributed by atoms with Crippen molar-refractivity contribution in [3.05, 3.63) is 29.3 Å². The molecule has 0 saturated heterocycles. The van der Waals surface area contributed by atoms with Gasteiger partial charge in [-0.2, -0.15) is 0 Å². The summed E-state index contributed by atoms with van der Waals surface area (Å²) in [6, 6.07) is 2.33. The lowest BCUT2D eigenvalue weighted by Crippen LogP contribution is -1.97. The van der Waals surface area contributed by atoms with E-state index in [1.807, 2.05) is 0 Å². The second kappa shape index (κ2) is 4.05. The number of rotatable bonds is 2. The number of halogens is 3. The van der Waals surface area contributed by atoms with E-state index in [0.717, 1.165) is 12.1 Å². The highest BCUT2D eigenvalue weighted by atomic mass is 79.9. The standard InChI is InChI=1S/C9H9BrF2O/c1-5(10)9-7(11)3-6(13-2)4-8(9)12/h3-5H,1-2H3/t5-/m1/s1. The molecule has 0 radical (unpaired) electrons. The van der Waals surface area contributed by atoms with Crippen molar-refractivity contribution in [3.63, 3.8) is 0 Å². The van der Waals surface area contributed by atoms with Gasteiger partial charge in [0.2, 0.25) is 0 Å². The number of hydrogen-bond donors (Lipinski definition) is 0. The van der Waals surface area contributed by atoms with Crippen molar-refractivity contribution in [1.82, 2.24) is 0 Å². The first-order chi connectivity index (χ1) is 6.06. The summed E-state index contributed by atoms with van der Waals surface area (Å²) in [7, 11) is 1.37. The summed E-state index contributed by atoms with van der Waals surface area (Å²) < 4.78 is 31.1. The Balaban J connectivity index is 3.23. The molecule has 0 fully saturated rings. The molecular weight excluding hydrogens is 242 g/mol. The molecule has 0 bridgehead atoms. The molecule has 1 aromatic carbocycles. The Bertz CT molecular complexity index is 289. The molecule has 0 aliphatic rings. The fraction of sp³-hybridized carbons (Fsp3) is 0.333. The summed E-state index contributed by atoms with van der Waals surface area (Å²) in [4.78, 5) is -0.349. The van der Waals surface area contributed by atoms with E-state index in [9.17, 15) is 8.78 Å². The van der Waals surface area contributed by atoms with Crippen LogP contribution in [0.4, 0.5) is 8.78 Å². The summed E-state index contributed by atoms with van der Waals surface area (Å²) in [5.41, 5.74) is 0.0285. The van der Waals surface area contributed by atoms with Gasteiger partial charge in [0.1, 0.15) is 17.4 Å². The van der Waals surface area contributed by atoms with Crippen LogP contribution in [0.15, 0.2) is 12.1 Å². The van der Waals surface area contributed by atoms with Gasteiger partial charge in [-0.05, 0) is 6.92 Å². The number of hydrogen-bond acceptors (Lipinski definition) is 1. The number of alkyl halides is 1. The smallest absolute Gasteiger partial charge is 0.134 e. The average molecular weight is 251 g/mol. The van der Waals surface area contributed by atoms with Crippen molar-refractivity contribution in [2.24, 2.45) is 0 Å². The zero-order chi connectivity index (χ0) is 10.0. The zero-order valence-electron chi connectivity index (χ0n) is 7.27. The molecule has 0 N–H and O–H groups in total. The quantitative estimate of drug-likeness (QED) is 0.731. The Morgan fingerprint density at radius 1 is 1.31 bits per heavy atom. The molecule has 0 spiro atoms. The molecule has 1 atom stereocenters. The van der Waals surface area contributed by atoms with Crippen LogP contribution in [-0.4, -0.2) is 7.11 Å². The van der Waals surface area contributed by atoms with Gasteiger partial charge >= 0.3 is 0 Å². The molecule has 0 unspecified atom stereocenters. The van der Waals surface area contributed by atoms with Crippen molar-refractivity contribution in [2.75, 3.05) is 7.11 Å². The molecule has 0 amide bonds. The van der Waals surface area contributed by atoms with Gasteiger partial charge in [0.25, 0.3) is 0 Å². The van der Waals surface area contributed by atoms with Gasteiger partial charge in [-0.3, -0.25) is 0 Å². The predicted octanol–water partition coefficient (Wildman–Crippen LogP) is 3.43. The molecule has 0 heterocycles. The van der Waals surface area contributed by atoms with E-state index in [0.29, 0.717) is 0 Å². The number of ether oxygens (including phenoxy) is 1. The lowest BCUT2D eigenvalue weighted by atomic mass is 10.1. The van der Waals surface area contributed by atoms with Gasteiger partial charge in [-0.1, -0.05) is 15.9 Å². The van der Waals surface area contributed by atoms with Gasteiger partial charge in [-0.25, -0.2) is 8.78 Å². The second-order valence-corrected chi connectivity index (χ2v) is 3.99. The molecule has 1 nitrogen and oxygen atoms in total. The molecule has 0 saturated carbocycles. The van der Waals surface area contributed by atoms with Gasteiger partial charge in [0.05, 0.1) is 7.11 Å². The van der Waals surface area contributed by atoms with Crippen LogP contribution in [0.5, 0.6) is 5.75 Å². The highest BCUT2D eigenvalue weighted by molar-refractivity contribution is 9.09. The van der Waals surface area contributed by atoms with Crippen molar-refractivity contribution in [1.29, 1.82) is 0 Å². The van der Waals surface area contributed by atoms with Crippen molar-refractivity contribution < 1.29 is 13.5 Å². The van der Waals surface area contributed by atoms with Crippen molar-refractivity contribution in [3.8, 4) is 5.75 Å². The van der Waals surface area contributed by atoms with Crippen LogP contribution in [0.3, 0.4) is 0 Å². The van der Waals surface area contributed by atoms with Gasteiger partial charge in [0, 0.05) is 22.5 Å². The first kappa shape index (κ1) is 10.4. The van der Waals surface area contributed by atoms with Crippen LogP contribution >= 0.6 is 15.9 Å². The number of benzene rings is 1. The third kappa shape index (κ3) is 2.18. The minimum absolute atomic E-state index is 0.0285. The fourth-order valence-electron chi connectivity index (χ4n) is 1.06. The second-order valence-electron chi connectivity index (χ2n) is 2.62. The summed E-state index contributed by atoms with van der Waals surface area (Å²) in [6.45, 7) is 1.66. The molecule has 1 rings (SSSR count). The highest BCUT2D eigenvalue weighted by Crippen LogP contribution is 2.29. The van der Waals surface area contributed by atoms with Crippen molar-refractivity contribution >= 4 is 15.9 Å². The third-order valence-corrected chi connectivity index (χ3v) is 2.14. The lowest BCUT2D eigenvalue weighted by molar-refractivity contribution is 0.405. The number of methoxy groups -OCH3 is 1. The average Bonchev–Trinajstić information content (AvgIpc) is 2.02. The molecule has 4 heteroatoms. The Labute approximate surface area is 83.8 Å². The van der Waals surface area contributed by atoms with Crippen LogP contribution in [0.2, 0.25) is 0 Å². The molecule has 0 aliphatic heterocycles. The van der Waals surface area contributed by atoms with E-state index in [2.05, 4.69) is 15.9 Å². The van der Waals surface area contributed by atoms with Crippen LogP contribution in [0.25, 0.3) is 0 Å². The normalized spacial score (nSPS) is 12.7. The predicted molar refractivity (Wildman–Crippen MR) is 50.3 cm³/mol. The van der Waals surface area contributed by atoms with Crippen LogP contribution < -0.4 is 4.74 Å². The Kier molecular flexibility index (Phi) is 3.25. The fourth-order valence-corrected chi connectivity index (χ4v) is 1.50. The summed E-state index contributed by atoms with van der Waals surface area (Å²) in [5.74, 6) is -1.01. The monoisotopic (exact) mass is 250 g/mol. The Morgan fingerprint density at radius 2 is 1.77 bits per heavy atom. The van der Waals surface area contributed by atoms with E-state index in [1.165, 1.54) is 7.11 Å². The maximum atomic E-state index is 13.2. The van der Waals surface area contributed by atoms with E-state index < -0.39 is 11.6 Å². The van der Waals surface area contributed by atoms with Crippen LogP contribution in [0.1, 0.15) is 17.3 Å². The largest absolute Gasteiger partial charge is 0.497 e. The topological polar surface area (TPSA) is 9.23 Å². The first-order valence-electron chi connectivity index (χ1n) is 3.73. The molecule has 0 aliphatic carbocycles. The summed E-state index contributed by atoms with van der Waals surface area (Å²) >= 11 is 3.11. The minimum atomic E-state index is -0.596. The summed E-state index contributed by atoms with van der Waals surface area (Å²) in [6.07, 6.45) is 0. The van der Waals surface area contributed by atoms with Crippen molar-refractivity contribution in [2.45, 2.75) is 11.8 Å². The lowest BCUT2D eigenvalue weighted by Gasteiger charge is -2.08. The molecular formula is C9H9BrF2O. The molecule has 0 aromatic heterocycles. The van der Waals surface area contributed by atoms with E-state index in [-0.39, 0.29) is 16.1 Å².